The Labute approximate surface area is 109 Å². The third-order valence-corrected chi connectivity index (χ3v) is 3.26. The molecule has 1 atom stereocenters. The van der Waals surface area contributed by atoms with Crippen LogP contribution in [-0.2, 0) is 14.3 Å². The molecule has 0 saturated heterocycles. The van der Waals surface area contributed by atoms with E-state index in [0.717, 1.165) is 10.4 Å². The molecule has 0 fully saturated rings. The molecule has 0 bridgehead atoms. The standard InChI is InChI=1S/C12H15NO4S/c1-8-5-6-18-10(8)3-4-11(15)13-9(7-14)12(16)17-2/h3-6,9,14H,7H2,1-2H3,(H,13,15)/b4-3+. The Morgan fingerprint density at radius 3 is 2.83 bits per heavy atom. The summed E-state index contributed by atoms with van der Waals surface area (Å²) in [5.74, 6) is -1.13. The second kappa shape index (κ2) is 6.93. The van der Waals surface area contributed by atoms with Gasteiger partial charge in [-0.3, -0.25) is 4.79 Å². The second-order valence-electron chi connectivity index (χ2n) is 3.57. The lowest BCUT2D eigenvalue weighted by molar-refractivity contribution is -0.145. The molecule has 1 rings (SSSR count). The Bertz CT molecular complexity index is 453. The van der Waals surface area contributed by atoms with Crippen molar-refractivity contribution in [1.82, 2.24) is 5.32 Å². The molecule has 0 aliphatic carbocycles. The molecular weight excluding hydrogens is 254 g/mol. The van der Waals surface area contributed by atoms with E-state index in [1.807, 2.05) is 18.4 Å². The van der Waals surface area contributed by atoms with E-state index in [1.54, 1.807) is 6.08 Å². The van der Waals surface area contributed by atoms with Crippen molar-refractivity contribution in [3.63, 3.8) is 0 Å². The van der Waals surface area contributed by atoms with Gasteiger partial charge in [0.15, 0.2) is 6.04 Å². The molecule has 1 unspecified atom stereocenters. The zero-order chi connectivity index (χ0) is 13.5. The number of rotatable bonds is 5. The van der Waals surface area contributed by atoms with Crippen LogP contribution in [0.4, 0.5) is 0 Å². The zero-order valence-corrected chi connectivity index (χ0v) is 11.0. The quantitative estimate of drug-likeness (QED) is 0.610. The molecule has 1 amide bonds. The van der Waals surface area contributed by atoms with Crippen molar-refractivity contribution in [3.05, 3.63) is 28.0 Å². The number of ether oxygens (including phenoxy) is 1. The predicted octanol–water partition coefficient (Wildman–Crippen LogP) is 0.720. The van der Waals surface area contributed by atoms with E-state index in [4.69, 9.17) is 5.11 Å². The topological polar surface area (TPSA) is 75.6 Å². The lowest BCUT2D eigenvalue weighted by atomic mass is 10.2. The molecule has 0 saturated carbocycles. The number of aliphatic hydroxyl groups excluding tert-OH is 1. The number of carbonyl (C=O) groups is 2. The van der Waals surface area contributed by atoms with Crippen LogP contribution >= 0.6 is 11.3 Å². The molecule has 0 radical (unpaired) electrons. The maximum atomic E-state index is 11.5. The number of aryl methyl sites for hydroxylation is 1. The molecule has 0 aliphatic heterocycles. The first-order chi connectivity index (χ1) is 8.58. The first kappa shape index (κ1) is 14.4. The highest BCUT2D eigenvalue weighted by atomic mass is 32.1. The summed E-state index contributed by atoms with van der Waals surface area (Å²) in [5, 5.41) is 13.2. The van der Waals surface area contributed by atoms with Gasteiger partial charge in [-0.2, -0.15) is 0 Å². The van der Waals surface area contributed by atoms with Crippen molar-refractivity contribution in [2.75, 3.05) is 13.7 Å². The lowest BCUT2D eigenvalue weighted by Gasteiger charge is -2.11. The maximum absolute atomic E-state index is 11.5. The van der Waals surface area contributed by atoms with Crippen molar-refractivity contribution < 1.29 is 19.4 Å². The Hall–Kier alpha value is -1.66. The summed E-state index contributed by atoms with van der Waals surface area (Å²) < 4.78 is 4.44. The summed E-state index contributed by atoms with van der Waals surface area (Å²) in [4.78, 5) is 23.6. The Kier molecular flexibility index (Phi) is 5.54. The van der Waals surface area contributed by atoms with Crippen LogP contribution in [0.3, 0.4) is 0 Å². The number of hydrogen-bond acceptors (Lipinski definition) is 5. The van der Waals surface area contributed by atoms with Gasteiger partial charge in [0.2, 0.25) is 5.91 Å². The molecule has 5 nitrogen and oxygen atoms in total. The van der Waals surface area contributed by atoms with Gasteiger partial charge in [0.05, 0.1) is 13.7 Å². The number of methoxy groups -OCH3 is 1. The fourth-order valence-electron chi connectivity index (χ4n) is 1.25. The SMILES string of the molecule is COC(=O)C(CO)NC(=O)/C=C/c1sccc1C. The molecule has 1 aromatic rings. The van der Waals surface area contributed by atoms with E-state index in [2.05, 4.69) is 10.1 Å². The first-order valence-corrected chi connectivity index (χ1v) is 6.17. The Morgan fingerprint density at radius 2 is 2.33 bits per heavy atom. The smallest absolute Gasteiger partial charge is 0.330 e. The number of carbonyl (C=O) groups excluding carboxylic acids is 2. The van der Waals surface area contributed by atoms with E-state index in [0.29, 0.717) is 0 Å². The van der Waals surface area contributed by atoms with E-state index < -0.39 is 24.5 Å². The molecular formula is C12H15NO4S. The van der Waals surface area contributed by atoms with Gasteiger partial charge in [-0.25, -0.2) is 4.79 Å². The van der Waals surface area contributed by atoms with Gasteiger partial charge < -0.3 is 15.2 Å². The van der Waals surface area contributed by atoms with Gasteiger partial charge in [0.25, 0.3) is 0 Å². The molecule has 18 heavy (non-hydrogen) atoms. The number of hydrogen-bond donors (Lipinski definition) is 2. The fraction of sp³-hybridized carbons (Fsp3) is 0.333. The summed E-state index contributed by atoms with van der Waals surface area (Å²) >= 11 is 1.52. The van der Waals surface area contributed by atoms with E-state index in [9.17, 15) is 9.59 Å². The number of aliphatic hydroxyl groups is 1. The molecule has 6 heteroatoms. The van der Waals surface area contributed by atoms with E-state index in [-0.39, 0.29) is 0 Å². The van der Waals surface area contributed by atoms with E-state index in [1.165, 1.54) is 24.5 Å². The van der Waals surface area contributed by atoms with Gasteiger partial charge in [0, 0.05) is 11.0 Å². The van der Waals surface area contributed by atoms with Crippen LogP contribution < -0.4 is 5.32 Å². The van der Waals surface area contributed by atoms with Crippen LogP contribution in [0.2, 0.25) is 0 Å². The maximum Gasteiger partial charge on any atom is 0.330 e. The second-order valence-corrected chi connectivity index (χ2v) is 4.52. The molecule has 0 aliphatic rings. The average molecular weight is 269 g/mol. The monoisotopic (exact) mass is 269 g/mol. The summed E-state index contributed by atoms with van der Waals surface area (Å²) in [6.45, 7) is 1.45. The van der Waals surface area contributed by atoms with Gasteiger partial charge in [0.1, 0.15) is 0 Å². The molecule has 1 aromatic heterocycles. The van der Waals surface area contributed by atoms with Crippen LogP contribution in [-0.4, -0.2) is 36.7 Å². The van der Waals surface area contributed by atoms with Gasteiger partial charge in [-0.05, 0) is 30.0 Å². The van der Waals surface area contributed by atoms with Crippen molar-refractivity contribution in [3.8, 4) is 0 Å². The third-order valence-electron chi connectivity index (χ3n) is 2.27. The zero-order valence-electron chi connectivity index (χ0n) is 10.2. The number of nitrogens with one attached hydrogen (secondary N) is 1. The largest absolute Gasteiger partial charge is 0.467 e. The van der Waals surface area contributed by atoms with Crippen LogP contribution in [0.1, 0.15) is 10.4 Å². The third kappa shape index (κ3) is 3.97. The fourth-order valence-corrected chi connectivity index (χ4v) is 2.07. The van der Waals surface area contributed by atoms with Gasteiger partial charge in [-0.1, -0.05) is 0 Å². The minimum Gasteiger partial charge on any atom is -0.467 e. The van der Waals surface area contributed by atoms with Crippen LogP contribution in [0.5, 0.6) is 0 Å². The Balaban J connectivity index is 2.58. The van der Waals surface area contributed by atoms with Crippen LogP contribution in [0, 0.1) is 6.92 Å². The highest BCUT2D eigenvalue weighted by Crippen LogP contribution is 2.16. The summed E-state index contributed by atoms with van der Waals surface area (Å²) in [7, 11) is 1.20. The van der Waals surface area contributed by atoms with Crippen molar-refractivity contribution in [2.24, 2.45) is 0 Å². The van der Waals surface area contributed by atoms with Gasteiger partial charge in [-0.15, -0.1) is 11.3 Å². The highest BCUT2D eigenvalue weighted by Gasteiger charge is 2.19. The molecule has 0 spiro atoms. The summed E-state index contributed by atoms with van der Waals surface area (Å²) in [6, 6.07) is 0.921. The molecule has 98 valence electrons. The highest BCUT2D eigenvalue weighted by molar-refractivity contribution is 7.11. The van der Waals surface area contributed by atoms with Crippen LogP contribution in [0.25, 0.3) is 6.08 Å². The van der Waals surface area contributed by atoms with Crippen LogP contribution in [0.15, 0.2) is 17.5 Å². The van der Waals surface area contributed by atoms with Gasteiger partial charge >= 0.3 is 5.97 Å². The number of amides is 1. The van der Waals surface area contributed by atoms with Crippen molar-refractivity contribution in [2.45, 2.75) is 13.0 Å². The van der Waals surface area contributed by atoms with Crippen molar-refractivity contribution in [1.29, 1.82) is 0 Å². The Morgan fingerprint density at radius 1 is 1.61 bits per heavy atom. The lowest BCUT2D eigenvalue weighted by Crippen LogP contribution is -2.43. The summed E-state index contributed by atoms with van der Waals surface area (Å²) in [5.41, 5.74) is 1.08. The number of thiophene rings is 1. The molecule has 2 N–H and O–H groups in total. The van der Waals surface area contributed by atoms with E-state index >= 15 is 0 Å². The first-order valence-electron chi connectivity index (χ1n) is 5.29. The minimum atomic E-state index is -1.03. The van der Waals surface area contributed by atoms with Crippen molar-refractivity contribution >= 4 is 29.3 Å². The normalized spacial score (nSPS) is 12.4. The number of esters is 1. The predicted molar refractivity (Wildman–Crippen MR) is 69.1 cm³/mol. The molecule has 0 aromatic carbocycles. The minimum absolute atomic E-state index is 0.452. The average Bonchev–Trinajstić information content (AvgIpc) is 2.78. The summed E-state index contributed by atoms with van der Waals surface area (Å²) in [6.07, 6.45) is 2.99. The molecule has 1 heterocycles.